The zero-order valence-electron chi connectivity index (χ0n) is 14.9. The van der Waals surface area contributed by atoms with Crippen molar-refractivity contribution >= 4 is 17.5 Å². The maximum Gasteiger partial charge on any atom is 0.219 e. The van der Waals surface area contributed by atoms with E-state index in [1.54, 1.807) is 6.92 Å². The van der Waals surface area contributed by atoms with Crippen LogP contribution in [0.5, 0.6) is 0 Å². The summed E-state index contributed by atoms with van der Waals surface area (Å²) in [6.45, 7) is 7.43. The lowest BCUT2D eigenvalue weighted by atomic mass is 9.98. The summed E-state index contributed by atoms with van der Waals surface area (Å²) in [5.74, 6) is 0.181. The first-order chi connectivity index (χ1) is 12.1. The molecule has 1 unspecified atom stereocenters. The first-order valence-electron chi connectivity index (χ1n) is 8.94. The summed E-state index contributed by atoms with van der Waals surface area (Å²) >= 11 is 5.97. The number of halogens is 1. The minimum absolute atomic E-state index is 0.181. The van der Waals surface area contributed by atoms with E-state index in [1.807, 2.05) is 17.0 Å². The maximum absolute atomic E-state index is 11.5. The molecule has 1 aliphatic heterocycles. The van der Waals surface area contributed by atoms with Crippen LogP contribution in [0.3, 0.4) is 0 Å². The van der Waals surface area contributed by atoms with Gasteiger partial charge in [-0.15, -0.1) is 0 Å². The molecule has 4 heteroatoms. The highest BCUT2D eigenvalue weighted by atomic mass is 35.5. The summed E-state index contributed by atoms with van der Waals surface area (Å²) in [7, 11) is 0. The van der Waals surface area contributed by atoms with Gasteiger partial charge in [0.25, 0.3) is 0 Å². The molecule has 1 fully saturated rings. The number of carbonyl (C=O) groups is 1. The Balaban J connectivity index is 1.71. The minimum atomic E-state index is 0.181. The van der Waals surface area contributed by atoms with E-state index in [1.165, 1.54) is 16.7 Å². The number of piperazine rings is 1. The average molecular weight is 357 g/mol. The van der Waals surface area contributed by atoms with E-state index >= 15 is 0 Å². The normalized spacial score (nSPS) is 16.7. The van der Waals surface area contributed by atoms with Gasteiger partial charge in [-0.2, -0.15) is 0 Å². The lowest BCUT2D eigenvalue weighted by Crippen LogP contribution is -2.49. The number of hydrogen-bond acceptors (Lipinski definition) is 2. The van der Waals surface area contributed by atoms with Gasteiger partial charge in [-0.05, 0) is 35.2 Å². The SMILES string of the molecule is CCC(c1ccc(-c2ccc(Cl)cc2)cc1)N1CCN(C(C)=O)CC1. The van der Waals surface area contributed by atoms with Crippen molar-refractivity contribution in [2.24, 2.45) is 0 Å². The highest BCUT2D eigenvalue weighted by Gasteiger charge is 2.24. The van der Waals surface area contributed by atoms with Gasteiger partial charge in [0.15, 0.2) is 0 Å². The second-order valence-corrected chi connectivity index (χ2v) is 7.03. The third-order valence-electron chi connectivity index (χ3n) is 5.06. The molecule has 1 heterocycles. The van der Waals surface area contributed by atoms with Crippen LogP contribution in [0, 0.1) is 0 Å². The van der Waals surface area contributed by atoms with Crippen molar-refractivity contribution in [3.8, 4) is 11.1 Å². The number of nitrogens with zero attached hydrogens (tertiary/aromatic N) is 2. The minimum Gasteiger partial charge on any atom is -0.340 e. The molecule has 3 rings (SSSR count). The van der Waals surface area contributed by atoms with Crippen molar-refractivity contribution in [1.29, 1.82) is 0 Å². The molecule has 0 N–H and O–H groups in total. The van der Waals surface area contributed by atoms with Crippen molar-refractivity contribution in [3.63, 3.8) is 0 Å². The Morgan fingerprint density at radius 3 is 1.96 bits per heavy atom. The van der Waals surface area contributed by atoms with Gasteiger partial charge in [-0.1, -0.05) is 54.9 Å². The van der Waals surface area contributed by atoms with Crippen LogP contribution < -0.4 is 0 Å². The standard InChI is InChI=1S/C21H25ClN2O/c1-3-21(24-14-12-23(13-15-24)16(2)25)19-6-4-17(5-7-19)18-8-10-20(22)11-9-18/h4-11,21H,3,12-15H2,1-2H3. The Morgan fingerprint density at radius 1 is 0.960 bits per heavy atom. The van der Waals surface area contributed by atoms with Crippen molar-refractivity contribution in [2.45, 2.75) is 26.3 Å². The highest BCUT2D eigenvalue weighted by Crippen LogP contribution is 2.28. The van der Waals surface area contributed by atoms with E-state index in [0.717, 1.165) is 37.6 Å². The molecule has 1 aliphatic rings. The maximum atomic E-state index is 11.5. The fourth-order valence-electron chi connectivity index (χ4n) is 3.59. The van der Waals surface area contributed by atoms with E-state index in [2.05, 4.69) is 48.2 Å². The molecule has 2 aromatic rings. The highest BCUT2D eigenvalue weighted by molar-refractivity contribution is 6.30. The Morgan fingerprint density at radius 2 is 1.48 bits per heavy atom. The van der Waals surface area contributed by atoms with Gasteiger partial charge in [-0.25, -0.2) is 0 Å². The number of carbonyl (C=O) groups excluding carboxylic acids is 1. The number of hydrogen-bond donors (Lipinski definition) is 0. The van der Waals surface area contributed by atoms with Crippen LogP contribution >= 0.6 is 11.6 Å². The van der Waals surface area contributed by atoms with Gasteiger partial charge in [0.2, 0.25) is 5.91 Å². The molecule has 1 amide bonds. The molecule has 2 aromatic carbocycles. The average Bonchev–Trinajstić information content (AvgIpc) is 2.64. The summed E-state index contributed by atoms with van der Waals surface area (Å²) in [6, 6.07) is 17.2. The first-order valence-corrected chi connectivity index (χ1v) is 9.31. The third-order valence-corrected chi connectivity index (χ3v) is 5.31. The summed E-state index contributed by atoms with van der Waals surface area (Å²) in [4.78, 5) is 15.9. The van der Waals surface area contributed by atoms with Crippen LogP contribution in [0.15, 0.2) is 48.5 Å². The summed E-state index contributed by atoms with van der Waals surface area (Å²) in [5.41, 5.74) is 3.73. The second-order valence-electron chi connectivity index (χ2n) is 6.59. The molecule has 0 aliphatic carbocycles. The summed E-state index contributed by atoms with van der Waals surface area (Å²) < 4.78 is 0. The van der Waals surface area contributed by atoms with Gasteiger partial charge in [0.1, 0.15) is 0 Å². The fraction of sp³-hybridized carbons (Fsp3) is 0.381. The smallest absolute Gasteiger partial charge is 0.219 e. The van der Waals surface area contributed by atoms with Crippen molar-refractivity contribution in [2.75, 3.05) is 26.2 Å². The topological polar surface area (TPSA) is 23.6 Å². The Hall–Kier alpha value is -1.84. The summed E-state index contributed by atoms with van der Waals surface area (Å²) in [5, 5.41) is 0.760. The van der Waals surface area contributed by atoms with E-state index in [4.69, 9.17) is 11.6 Å². The molecule has 25 heavy (non-hydrogen) atoms. The monoisotopic (exact) mass is 356 g/mol. The predicted octanol–water partition coefficient (Wildman–Crippen LogP) is 4.62. The van der Waals surface area contributed by atoms with Gasteiger partial charge >= 0.3 is 0 Å². The first kappa shape index (κ1) is 18.0. The molecule has 0 saturated carbocycles. The van der Waals surface area contributed by atoms with Crippen molar-refractivity contribution < 1.29 is 4.79 Å². The molecule has 0 spiro atoms. The molecular formula is C21H25ClN2O. The molecule has 1 saturated heterocycles. The molecule has 0 bridgehead atoms. The van der Waals surface area contributed by atoms with Gasteiger partial charge in [-0.3, -0.25) is 9.69 Å². The quantitative estimate of drug-likeness (QED) is 0.797. The zero-order valence-corrected chi connectivity index (χ0v) is 15.7. The van der Waals surface area contributed by atoms with Gasteiger partial charge < -0.3 is 4.90 Å². The molecule has 0 radical (unpaired) electrons. The van der Waals surface area contributed by atoms with Crippen LogP contribution in [0.1, 0.15) is 31.9 Å². The summed E-state index contributed by atoms with van der Waals surface area (Å²) in [6.07, 6.45) is 1.07. The van der Waals surface area contributed by atoms with Crippen LogP contribution in [-0.4, -0.2) is 41.9 Å². The van der Waals surface area contributed by atoms with Crippen molar-refractivity contribution in [1.82, 2.24) is 9.80 Å². The van der Waals surface area contributed by atoms with Gasteiger partial charge in [0.05, 0.1) is 0 Å². The van der Waals surface area contributed by atoms with E-state index < -0.39 is 0 Å². The lowest BCUT2D eigenvalue weighted by Gasteiger charge is -2.39. The molecule has 0 aromatic heterocycles. The van der Waals surface area contributed by atoms with Crippen LogP contribution in [0.25, 0.3) is 11.1 Å². The Bertz CT molecular complexity index is 704. The van der Waals surface area contributed by atoms with Crippen molar-refractivity contribution in [3.05, 3.63) is 59.1 Å². The third kappa shape index (κ3) is 4.23. The second kappa shape index (κ2) is 8.03. The largest absolute Gasteiger partial charge is 0.340 e. The fourth-order valence-corrected chi connectivity index (χ4v) is 3.72. The number of benzene rings is 2. The van der Waals surface area contributed by atoms with Crippen LogP contribution in [0.4, 0.5) is 0 Å². The van der Waals surface area contributed by atoms with E-state index in [0.29, 0.717) is 6.04 Å². The van der Waals surface area contributed by atoms with E-state index in [9.17, 15) is 4.79 Å². The molecule has 1 atom stereocenters. The van der Waals surface area contributed by atoms with E-state index in [-0.39, 0.29) is 5.91 Å². The lowest BCUT2D eigenvalue weighted by molar-refractivity contribution is -0.130. The number of amides is 1. The van der Waals surface area contributed by atoms with Crippen LogP contribution in [-0.2, 0) is 4.79 Å². The zero-order chi connectivity index (χ0) is 17.8. The number of rotatable bonds is 4. The Labute approximate surface area is 155 Å². The molecule has 3 nitrogen and oxygen atoms in total. The van der Waals surface area contributed by atoms with Gasteiger partial charge in [0, 0.05) is 44.2 Å². The van der Waals surface area contributed by atoms with Crippen LogP contribution in [0.2, 0.25) is 5.02 Å². The Kier molecular flexibility index (Phi) is 5.77. The predicted molar refractivity (Wildman–Crippen MR) is 104 cm³/mol. The molecular weight excluding hydrogens is 332 g/mol. The molecule has 132 valence electrons.